The van der Waals surface area contributed by atoms with E-state index >= 15 is 0 Å². The molecule has 1 fully saturated rings. The second-order valence-electron chi connectivity index (χ2n) is 6.91. The number of nitro benzene ring substituents is 1. The Bertz CT molecular complexity index is 838. The summed E-state index contributed by atoms with van der Waals surface area (Å²) in [5.41, 5.74) is -0.475. The van der Waals surface area contributed by atoms with E-state index < -0.39 is 20.6 Å². The van der Waals surface area contributed by atoms with E-state index in [-0.39, 0.29) is 42.3 Å². The van der Waals surface area contributed by atoms with E-state index in [1.165, 1.54) is 16.4 Å². The van der Waals surface area contributed by atoms with Crippen LogP contribution in [0.3, 0.4) is 0 Å². The zero-order valence-corrected chi connectivity index (χ0v) is 18.0. The van der Waals surface area contributed by atoms with Crippen molar-refractivity contribution < 1.29 is 22.9 Å². The van der Waals surface area contributed by atoms with Gasteiger partial charge in [0, 0.05) is 31.7 Å². The number of rotatable bonds is 9. The lowest BCUT2D eigenvalue weighted by molar-refractivity contribution is -0.386. The minimum absolute atomic E-state index is 0.119. The van der Waals surface area contributed by atoms with Crippen molar-refractivity contribution in [2.24, 2.45) is 0 Å². The Morgan fingerprint density at radius 2 is 1.97 bits per heavy atom. The first-order valence-electron chi connectivity index (χ1n) is 9.97. The number of amides is 1. The zero-order chi connectivity index (χ0) is 21.6. The summed E-state index contributed by atoms with van der Waals surface area (Å²) in [5, 5.41) is 11.5. The molecule has 2 rings (SSSR count). The maximum Gasteiger partial charge on any atom is 0.312 e. The molecule has 0 unspecified atom stereocenters. The lowest BCUT2D eigenvalue weighted by atomic mass is 10.00. The van der Waals surface area contributed by atoms with Crippen LogP contribution in [0.1, 0.15) is 46.5 Å². The summed E-state index contributed by atoms with van der Waals surface area (Å²) in [6.07, 6.45) is 3.81. The van der Waals surface area contributed by atoms with Crippen LogP contribution in [0, 0.1) is 10.1 Å². The lowest BCUT2D eigenvalue weighted by Crippen LogP contribution is -2.45. The summed E-state index contributed by atoms with van der Waals surface area (Å²) in [7, 11) is -3.83. The van der Waals surface area contributed by atoms with E-state index in [1.54, 1.807) is 18.7 Å². The fourth-order valence-corrected chi connectivity index (χ4v) is 5.09. The van der Waals surface area contributed by atoms with E-state index in [4.69, 9.17) is 4.74 Å². The van der Waals surface area contributed by atoms with Gasteiger partial charge in [0.25, 0.3) is 5.91 Å². The maximum absolute atomic E-state index is 12.6. The Morgan fingerprint density at radius 3 is 2.55 bits per heavy atom. The highest BCUT2D eigenvalue weighted by atomic mass is 32.2. The molecule has 1 aromatic carbocycles. The van der Waals surface area contributed by atoms with Gasteiger partial charge in [0.05, 0.1) is 9.82 Å². The van der Waals surface area contributed by atoms with Crippen LogP contribution in [0.4, 0.5) is 5.69 Å². The zero-order valence-electron chi connectivity index (χ0n) is 17.2. The van der Waals surface area contributed by atoms with Crippen LogP contribution >= 0.6 is 0 Å². The van der Waals surface area contributed by atoms with Gasteiger partial charge < -0.3 is 9.64 Å². The molecule has 1 amide bonds. The predicted octanol–water partition coefficient (Wildman–Crippen LogP) is 2.80. The number of ether oxygens (including phenoxy) is 1. The molecule has 162 valence electrons. The van der Waals surface area contributed by atoms with Gasteiger partial charge in [-0.15, -0.1) is 0 Å². The van der Waals surface area contributed by atoms with Gasteiger partial charge in [-0.05, 0) is 37.8 Å². The highest BCUT2D eigenvalue weighted by Crippen LogP contribution is 2.31. The quantitative estimate of drug-likeness (QED) is 0.443. The minimum atomic E-state index is -3.83. The van der Waals surface area contributed by atoms with E-state index in [1.807, 2.05) is 6.92 Å². The van der Waals surface area contributed by atoms with Gasteiger partial charge in [0.15, 0.2) is 12.4 Å². The molecule has 0 bridgehead atoms. The molecular formula is C19H29N3O6S. The molecule has 1 saturated heterocycles. The second-order valence-corrected chi connectivity index (χ2v) is 8.85. The van der Waals surface area contributed by atoms with Crippen LogP contribution in [-0.2, 0) is 14.8 Å². The number of nitrogens with zero attached hydrogens (tertiary/aromatic N) is 3. The molecule has 0 aromatic heterocycles. The average molecular weight is 428 g/mol. The van der Waals surface area contributed by atoms with Crippen molar-refractivity contribution in [3.63, 3.8) is 0 Å². The summed E-state index contributed by atoms with van der Waals surface area (Å²) < 4.78 is 31.9. The van der Waals surface area contributed by atoms with E-state index in [2.05, 4.69) is 0 Å². The summed E-state index contributed by atoms with van der Waals surface area (Å²) >= 11 is 0. The Morgan fingerprint density at radius 1 is 1.28 bits per heavy atom. The Balaban J connectivity index is 2.21. The highest BCUT2D eigenvalue weighted by Gasteiger charge is 2.28. The molecule has 0 spiro atoms. The van der Waals surface area contributed by atoms with Crippen molar-refractivity contribution >= 4 is 21.6 Å². The number of carbonyl (C=O) groups excluding carboxylic acids is 1. The van der Waals surface area contributed by atoms with Crippen LogP contribution in [-0.4, -0.2) is 60.7 Å². The lowest BCUT2D eigenvalue weighted by Gasteiger charge is -2.35. The van der Waals surface area contributed by atoms with Crippen molar-refractivity contribution in [2.75, 3.05) is 26.2 Å². The Hall–Kier alpha value is -2.20. The van der Waals surface area contributed by atoms with Crippen molar-refractivity contribution in [2.45, 2.75) is 57.4 Å². The van der Waals surface area contributed by atoms with Crippen LogP contribution in [0.15, 0.2) is 23.1 Å². The molecule has 0 radical (unpaired) electrons. The third-order valence-electron chi connectivity index (χ3n) is 5.24. The van der Waals surface area contributed by atoms with Crippen molar-refractivity contribution in [3.8, 4) is 5.75 Å². The van der Waals surface area contributed by atoms with Crippen LogP contribution in [0.5, 0.6) is 5.75 Å². The fourth-order valence-electron chi connectivity index (χ4n) is 3.61. The van der Waals surface area contributed by atoms with E-state index in [0.717, 1.165) is 31.7 Å². The monoisotopic (exact) mass is 427 g/mol. The maximum atomic E-state index is 12.6. The smallest absolute Gasteiger partial charge is 0.312 e. The standard InChI is InChI=1S/C19H29N3O6S/c1-4-15-9-7-8-12-21(15)19(23)14-28-18-11-10-16(13-17(18)22(24)25)29(26,27)20(5-2)6-3/h10-11,13,15H,4-9,12,14H2,1-3H3/t15-/m1/s1. The molecule has 1 aromatic rings. The van der Waals surface area contributed by atoms with E-state index in [0.29, 0.717) is 6.54 Å². The molecule has 0 saturated carbocycles. The molecule has 9 nitrogen and oxygen atoms in total. The number of benzene rings is 1. The summed E-state index contributed by atoms with van der Waals surface area (Å²) in [5.74, 6) is -0.336. The average Bonchev–Trinajstić information content (AvgIpc) is 2.72. The fraction of sp³-hybridized carbons (Fsp3) is 0.632. The third-order valence-corrected chi connectivity index (χ3v) is 7.29. The summed E-state index contributed by atoms with van der Waals surface area (Å²) in [4.78, 5) is 24.9. The first-order chi connectivity index (χ1) is 13.8. The number of piperidine rings is 1. The second kappa shape index (κ2) is 10.0. The van der Waals surface area contributed by atoms with Gasteiger partial charge in [-0.25, -0.2) is 8.42 Å². The van der Waals surface area contributed by atoms with Crippen molar-refractivity contribution in [3.05, 3.63) is 28.3 Å². The largest absolute Gasteiger partial charge is 0.477 e. The molecule has 1 heterocycles. The molecule has 0 aliphatic carbocycles. The molecule has 0 N–H and O–H groups in total. The normalized spacial score (nSPS) is 17.4. The van der Waals surface area contributed by atoms with Gasteiger partial charge in [-0.1, -0.05) is 20.8 Å². The Labute approximate surface area is 171 Å². The van der Waals surface area contributed by atoms with Crippen molar-refractivity contribution in [1.82, 2.24) is 9.21 Å². The SMILES string of the molecule is CC[C@@H]1CCCCN1C(=O)COc1ccc(S(=O)(=O)N(CC)CC)cc1[N+](=O)[O-]. The topological polar surface area (TPSA) is 110 Å². The van der Waals surface area contributed by atoms with Crippen LogP contribution in [0.25, 0.3) is 0 Å². The summed E-state index contributed by atoms with van der Waals surface area (Å²) in [6, 6.07) is 3.67. The molecule has 1 aliphatic heterocycles. The number of sulfonamides is 1. The number of nitro groups is 1. The number of hydrogen-bond donors (Lipinski definition) is 0. The molecule has 29 heavy (non-hydrogen) atoms. The number of carbonyl (C=O) groups is 1. The Kier molecular flexibility index (Phi) is 7.97. The highest BCUT2D eigenvalue weighted by molar-refractivity contribution is 7.89. The summed E-state index contributed by atoms with van der Waals surface area (Å²) in [6.45, 7) is 6.27. The molecule has 1 atom stereocenters. The minimum Gasteiger partial charge on any atom is -0.477 e. The predicted molar refractivity (Wildman–Crippen MR) is 108 cm³/mol. The number of hydrogen-bond acceptors (Lipinski definition) is 6. The van der Waals surface area contributed by atoms with E-state index in [9.17, 15) is 23.3 Å². The van der Waals surface area contributed by atoms with Gasteiger partial charge in [0.2, 0.25) is 10.0 Å². The van der Waals surface area contributed by atoms with Crippen LogP contribution < -0.4 is 4.74 Å². The molecule has 10 heteroatoms. The number of likely N-dealkylation sites (tertiary alicyclic amines) is 1. The van der Waals surface area contributed by atoms with Crippen LogP contribution in [0.2, 0.25) is 0 Å². The first-order valence-corrected chi connectivity index (χ1v) is 11.4. The van der Waals surface area contributed by atoms with Gasteiger partial charge >= 0.3 is 5.69 Å². The molecule has 1 aliphatic rings. The van der Waals surface area contributed by atoms with Gasteiger partial charge in [0.1, 0.15) is 0 Å². The third kappa shape index (κ3) is 5.24. The van der Waals surface area contributed by atoms with Crippen molar-refractivity contribution in [1.29, 1.82) is 0 Å². The first kappa shape index (κ1) is 23.1. The molecular weight excluding hydrogens is 398 g/mol. The van der Waals surface area contributed by atoms with Gasteiger partial charge in [-0.3, -0.25) is 14.9 Å². The van der Waals surface area contributed by atoms with Gasteiger partial charge in [-0.2, -0.15) is 4.31 Å².